The Labute approximate surface area is 219 Å². The lowest BCUT2D eigenvalue weighted by Crippen LogP contribution is -2.51. The predicted octanol–water partition coefficient (Wildman–Crippen LogP) is 4.46. The Morgan fingerprint density at radius 3 is 2.47 bits per heavy atom. The summed E-state index contributed by atoms with van der Waals surface area (Å²) in [5.41, 5.74) is 3.55. The quantitative estimate of drug-likeness (QED) is 0.577. The smallest absolute Gasteiger partial charge is 0.231 e. The van der Waals surface area contributed by atoms with Crippen molar-refractivity contribution in [3.63, 3.8) is 0 Å². The Bertz CT molecular complexity index is 962. The molecule has 0 bridgehead atoms. The molecule has 6 nitrogen and oxygen atoms in total. The largest absolute Gasteiger partial charge is 0.353 e. The third-order valence-corrected chi connectivity index (χ3v) is 7.44. The highest BCUT2D eigenvalue weighted by molar-refractivity contribution is 6.30. The van der Waals surface area contributed by atoms with Gasteiger partial charge in [0.15, 0.2) is 0 Å². The Balaban J connectivity index is 0.00000162. The lowest BCUT2D eigenvalue weighted by Gasteiger charge is -2.38. The summed E-state index contributed by atoms with van der Waals surface area (Å²) in [7, 11) is 0. The number of hydrogen-bond acceptors (Lipinski definition) is 5. The van der Waals surface area contributed by atoms with E-state index in [9.17, 15) is 4.79 Å². The fraction of sp³-hybridized carbons (Fsp3) is 0.560. The van der Waals surface area contributed by atoms with Crippen molar-refractivity contribution >= 4 is 48.1 Å². The molecule has 1 aromatic carbocycles. The summed E-state index contributed by atoms with van der Waals surface area (Å²) in [5.74, 6) is 2.40. The van der Waals surface area contributed by atoms with Crippen molar-refractivity contribution in [1.82, 2.24) is 20.2 Å². The van der Waals surface area contributed by atoms with Crippen molar-refractivity contribution in [2.24, 2.45) is 5.92 Å². The number of carbonyl (C=O) groups excluding carboxylic acids is 1. The van der Waals surface area contributed by atoms with Gasteiger partial charge >= 0.3 is 0 Å². The standard InChI is InChI=1S/C25H32ClN5O.2ClH/c1-17-2-9-22-23(17)24(29-16-28-22)30-10-12-31(13-11-30)25(32)21(15-27-14-18-3-4-18)19-5-7-20(26)8-6-19;;/h5-8,16-18,21,27H,2-4,9-15H2,1H3;2*1H/t17-,21-;;/m1../s1. The second kappa shape index (κ2) is 11.9. The van der Waals surface area contributed by atoms with Crippen LogP contribution in [0, 0.1) is 5.92 Å². The van der Waals surface area contributed by atoms with E-state index in [-0.39, 0.29) is 36.6 Å². The van der Waals surface area contributed by atoms with Crippen LogP contribution in [0.15, 0.2) is 30.6 Å². The number of aromatic nitrogens is 2. The Morgan fingerprint density at radius 2 is 1.79 bits per heavy atom. The summed E-state index contributed by atoms with van der Waals surface area (Å²) in [6, 6.07) is 7.75. The van der Waals surface area contributed by atoms with Gasteiger partial charge in [0.2, 0.25) is 5.91 Å². The minimum Gasteiger partial charge on any atom is -0.353 e. The second-order valence-electron chi connectivity index (χ2n) is 9.52. The molecule has 0 unspecified atom stereocenters. The number of piperazine rings is 1. The molecule has 9 heteroatoms. The van der Waals surface area contributed by atoms with Crippen molar-refractivity contribution < 1.29 is 4.79 Å². The maximum absolute atomic E-state index is 13.6. The summed E-state index contributed by atoms with van der Waals surface area (Å²) >= 11 is 6.10. The second-order valence-corrected chi connectivity index (χ2v) is 9.95. The fourth-order valence-electron chi connectivity index (χ4n) is 5.03. The molecule has 1 saturated heterocycles. The SMILES string of the molecule is C[C@@H]1CCc2ncnc(N3CCN(C(=O)[C@H](CNCC4CC4)c4ccc(Cl)cc4)CC3)c21.Cl.Cl. The molecule has 2 heterocycles. The van der Waals surface area contributed by atoms with E-state index >= 15 is 0 Å². The first-order valence-corrected chi connectivity index (χ1v) is 12.3. The number of rotatable bonds is 7. The molecular formula is C25H34Cl3N5O. The lowest BCUT2D eigenvalue weighted by molar-refractivity contribution is -0.133. The molecule has 1 amide bonds. The molecule has 1 saturated carbocycles. The first-order chi connectivity index (χ1) is 15.6. The van der Waals surface area contributed by atoms with Crippen LogP contribution < -0.4 is 10.2 Å². The molecule has 2 atom stereocenters. The van der Waals surface area contributed by atoms with Crippen molar-refractivity contribution in [2.45, 2.75) is 44.4 Å². The number of hydrogen-bond donors (Lipinski definition) is 1. The van der Waals surface area contributed by atoms with Crippen molar-refractivity contribution in [3.05, 3.63) is 52.4 Å². The van der Waals surface area contributed by atoms with E-state index in [1.165, 1.54) is 24.1 Å². The van der Waals surface area contributed by atoms with E-state index in [2.05, 4.69) is 27.1 Å². The number of benzene rings is 1. The van der Waals surface area contributed by atoms with Crippen molar-refractivity contribution in [3.8, 4) is 0 Å². The van der Waals surface area contributed by atoms with Crippen LogP contribution >= 0.6 is 36.4 Å². The molecule has 5 rings (SSSR count). The van der Waals surface area contributed by atoms with E-state index in [0.717, 1.165) is 62.9 Å². The summed E-state index contributed by atoms with van der Waals surface area (Å²) in [6.45, 7) is 7.01. The minimum atomic E-state index is -0.180. The first-order valence-electron chi connectivity index (χ1n) is 11.9. The van der Waals surface area contributed by atoms with Crippen LogP contribution in [-0.4, -0.2) is 60.0 Å². The summed E-state index contributed by atoms with van der Waals surface area (Å²) in [5, 5.41) is 4.24. The number of anilines is 1. The highest BCUT2D eigenvalue weighted by Gasteiger charge is 2.32. The first kappa shape index (κ1) is 27.0. The van der Waals surface area contributed by atoms with Crippen LogP contribution in [0.2, 0.25) is 5.02 Å². The van der Waals surface area contributed by atoms with Gasteiger partial charge in [0, 0.05) is 49.0 Å². The molecule has 1 aromatic heterocycles. The maximum Gasteiger partial charge on any atom is 0.231 e. The topological polar surface area (TPSA) is 61.4 Å². The third kappa shape index (κ3) is 5.96. The van der Waals surface area contributed by atoms with E-state index in [0.29, 0.717) is 17.5 Å². The molecule has 34 heavy (non-hydrogen) atoms. The number of nitrogens with zero attached hydrogens (tertiary/aromatic N) is 4. The van der Waals surface area contributed by atoms with Crippen LogP contribution in [0.3, 0.4) is 0 Å². The third-order valence-electron chi connectivity index (χ3n) is 7.19. The average molecular weight is 527 g/mol. The highest BCUT2D eigenvalue weighted by atomic mass is 35.5. The van der Waals surface area contributed by atoms with Gasteiger partial charge in [-0.1, -0.05) is 30.7 Å². The molecule has 186 valence electrons. The number of aryl methyl sites for hydroxylation is 1. The summed E-state index contributed by atoms with van der Waals surface area (Å²) < 4.78 is 0. The normalized spacial score (nSPS) is 20.2. The van der Waals surface area contributed by atoms with E-state index in [1.807, 2.05) is 29.2 Å². The lowest BCUT2D eigenvalue weighted by atomic mass is 9.97. The molecule has 2 aromatic rings. The van der Waals surface area contributed by atoms with Crippen LogP contribution in [0.5, 0.6) is 0 Å². The predicted molar refractivity (Wildman–Crippen MR) is 142 cm³/mol. The number of nitrogens with one attached hydrogen (secondary N) is 1. The van der Waals surface area contributed by atoms with E-state index in [1.54, 1.807) is 6.33 Å². The van der Waals surface area contributed by atoms with Gasteiger partial charge in [-0.3, -0.25) is 4.79 Å². The molecule has 0 radical (unpaired) electrons. The molecule has 2 aliphatic carbocycles. The van der Waals surface area contributed by atoms with Gasteiger partial charge in [0.1, 0.15) is 12.1 Å². The highest BCUT2D eigenvalue weighted by Crippen LogP contribution is 2.37. The van der Waals surface area contributed by atoms with Crippen LogP contribution in [0.4, 0.5) is 5.82 Å². The molecule has 3 aliphatic rings. The Kier molecular flexibility index (Phi) is 9.44. The van der Waals surface area contributed by atoms with Crippen molar-refractivity contribution in [2.75, 3.05) is 44.2 Å². The molecule has 2 fully saturated rings. The van der Waals surface area contributed by atoms with Crippen LogP contribution in [0.25, 0.3) is 0 Å². The van der Waals surface area contributed by atoms with Crippen LogP contribution in [-0.2, 0) is 11.2 Å². The number of carbonyl (C=O) groups is 1. The van der Waals surface area contributed by atoms with Gasteiger partial charge in [0.25, 0.3) is 0 Å². The maximum atomic E-state index is 13.6. The van der Waals surface area contributed by atoms with Gasteiger partial charge < -0.3 is 15.1 Å². The van der Waals surface area contributed by atoms with E-state index in [4.69, 9.17) is 11.6 Å². The van der Waals surface area contributed by atoms with Gasteiger partial charge in [-0.2, -0.15) is 0 Å². The number of halogens is 3. The van der Waals surface area contributed by atoms with Crippen LogP contribution in [0.1, 0.15) is 54.8 Å². The molecule has 0 spiro atoms. The van der Waals surface area contributed by atoms with Gasteiger partial charge in [-0.15, -0.1) is 24.8 Å². The summed E-state index contributed by atoms with van der Waals surface area (Å²) in [4.78, 5) is 27.1. The molecular weight excluding hydrogens is 493 g/mol. The molecule has 1 N–H and O–H groups in total. The van der Waals surface area contributed by atoms with Crippen molar-refractivity contribution in [1.29, 1.82) is 0 Å². The van der Waals surface area contributed by atoms with Gasteiger partial charge in [0.05, 0.1) is 5.92 Å². The fourth-order valence-corrected chi connectivity index (χ4v) is 5.16. The zero-order valence-corrected chi connectivity index (χ0v) is 22.0. The number of amides is 1. The van der Waals surface area contributed by atoms with Gasteiger partial charge in [-0.25, -0.2) is 9.97 Å². The summed E-state index contributed by atoms with van der Waals surface area (Å²) in [6.07, 6.45) is 6.50. The zero-order valence-electron chi connectivity index (χ0n) is 19.6. The number of fused-ring (bicyclic) bond motifs is 1. The minimum absolute atomic E-state index is 0. The monoisotopic (exact) mass is 525 g/mol. The van der Waals surface area contributed by atoms with E-state index < -0.39 is 0 Å². The van der Waals surface area contributed by atoms with Gasteiger partial charge in [-0.05, 0) is 61.8 Å². The Hall–Kier alpha value is -1.60. The Morgan fingerprint density at radius 1 is 1.09 bits per heavy atom. The average Bonchev–Trinajstić information content (AvgIpc) is 3.57. The molecule has 1 aliphatic heterocycles. The zero-order chi connectivity index (χ0) is 22.1.